The molecule has 0 saturated carbocycles. The van der Waals surface area contributed by atoms with Crippen LogP contribution < -0.4 is 4.98 Å². The molecule has 0 aliphatic rings. The van der Waals surface area contributed by atoms with Crippen LogP contribution in [0, 0.1) is 0 Å². The molecule has 0 aliphatic carbocycles. The predicted molar refractivity (Wildman–Crippen MR) is 25.4 cm³/mol. The van der Waals surface area contributed by atoms with Crippen molar-refractivity contribution in [2.75, 3.05) is 0 Å². The Labute approximate surface area is 39.8 Å². The van der Waals surface area contributed by atoms with E-state index in [2.05, 4.69) is 4.98 Å². The molecule has 0 aliphatic heterocycles. The van der Waals surface area contributed by atoms with E-state index in [9.17, 15) is 4.79 Å². The summed E-state index contributed by atoms with van der Waals surface area (Å²) in [6.45, 7) is 3.43. The minimum Gasteiger partial charge on any atom is -0.383 e. The van der Waals surface area contributed by atoms with Crippen LogP contribution >= 0.6 is 0 Å². The molecule has 6 heavy (non-hydrogen) atoms. The third kappa shape index (κ3) is 3.69. The Morgan fingerprint density at radius 3 is 2.33 bits per heavy atom. The fourth-order valence-electron chi connectivity index (χ4n) is 0.176. The molecule has 0 bridgehead atoms. The average Bonchev–Trinajstić information content (AvgIpc) is 1.35. The van der Waals surface area contributed by atoms with E-state index in [4.69, 9.17) is 0 Å². The van der Waals surface area contributed by atoms with Gasteiger partial charge < -0.3 is 4.98 Å². The predicted octanol–water partition coefficient (Wildman–Crippen LogP) is -0.210. The van der Waals surface area contributed by atoms with Crippen LogP contribution in [-0.4, -0.2) is 15.6 Å². The quantitative estimate of drug-likeness (QED) is 0.455. The van der Waals surface area contributed by atoms with E-state index in [1.807, 2.05) is 6.55 Å². The standard InChI is InChI=1S/C3H7NOSi/c1-3(5)4-6-2/h1-2H3,(H,4,5). The fraction of sp³-hybridized carbons (Fsp3) is 0.667. The van der Waals surface area contributed by atoms with Crippen molar-refractivity contribution in [2.24, 2.45) is 0 Å². The molecule has 1 amide bonds. The van der Waals surface area contributed by atoms with Gasteiger partial charge in [0.15, 0.2) is 9.68 Å². The molecule has 0 unspecified atom stereocenters. The Kier molecular flexibility index (Phi) is 2.75. The van der Waals surface area contributed by atoms with Crippen molar-refractivity contribution in [3.8, 4) is 0 Å². The Morgan fingerprint density at radius 2 is 2.33 bits per heavy atom. The highest BCUT2D eigenvalue weighted by atomic mass is 28.2. The third-order valence-electron chi connectivity index (χ3n) is 0.301. The second-order valence-electron chi connectivity index (χ2n) is 0.931. The van der Waals surface area contributed by atoms with Crippen LogP contribution in [-0.2, 0) is 4.79 Å². The van der Waals surface area contributed by atoms with Crippen LogP contribution in [0.1, 0.15) is 6.92 Å². The molecule has 0 aromatic carbocycles. The van der Waals surface area contributed by atoms with E-state index >= 15 is 0 Å². The van der Waals surface area contributed by atoms with Gasteiger partial charge in [-0.2, -0.15) is 0 Å². The Bertz CT molecular complexity index is 54.8. The number of amides is 1. The van der Waals surface area contributed by atoms with Crippen LogP contribution in [0.4, 0.5) is 0 Å². The van der Waals surface area contributed by atoms with E-state index in [0.717, 1.165) is 0 Å². The molecule has 34 valence electrons. The van der Waals surface area contributed by atoms with Crippen LogP contribution in [0.3, 0.4) is 0 Å². The average molecular weight is 101 g/mol. The first-order chi connectivity index (χ1) is 2.77. The van der Waals surface area contributed by atoms with Gasteiger partial charge in [-0.3, -0.25) is 4.79 Å². The zero-order valence-electron chi connectivity index (χ0n) is 3.91. The maximum Gasteiger partial charge on any atom is 0.208 e. The first-order valence-electron chi connectivity index (χ1n) is 1.70. The lowest BCUT2D eigenvalue weighted by Crippen LogP contribution is -2.21. The number of rotatable bonds is 1. The highest BCUT2D eigenvalue weighted by molar-refractivity contribution is 6.34. The summed E-state index contributed by atoms with van der Waals surface area (Å²) in [5, 5.41) is 0. The van der Waals surface area contributed by atoms with Crippen molar-refractivity contribution in [1.29, 1.82) is 0 Å². The van der Waals surface area contributed by atoms with Crippen molar-refractivity contribution in [2.45, 2.75) is 13.5 Å². The second-order valence-corrected chi connectivity index (χ2v) is 1.68. The van der Waals surface area contributed by atoms with Gasteiger partial charge in [-0.25, -0.2) is 0 Å². The number of hydrogen-bond donors (Lipinski definition) is 1. The molecule has 3 heteroatoms. The van der Waals surface area contributed by atoms with Gasteiger partial charge in [-0.05, 0) is 0 Å². The second kappa shape index (κ2) is 2.90. The highest BCUT2D eigenvalue weighted by Gasteiger charge is 1.80. The maximum absolute atomic E-state index is 9.94. The molecule has 1 N–H and O–H groups in total. The molecular formula is C3H7NOSi. The van der Waals surface area contributed by atoms with E-state index in [-0.39, 0.29) is 5.91 Å². The van der Waals surface area contributed by atoms with Crippen molar-refractivity contribution in [3.05, 3.63) is 0 Å². The molecule has 0 aromatic heterocycles. The van der Waals surface area contributed by atoms with Crippen molar-refractivity contribution >= 4 is 15.6 Å². The molecular weight excluding hydrogens is 94.1 g/mol. The van der Waals surface area contributed by atoms with Crippen molar-refractivity contribution in [1.82, 2.24) is 4.98 Å². The monoisotopic (exact) mass is 101 g/mol. The Hall–Kier alpha value is -0.313. The van der Waals surface area contributed by atoms with Gasteiger partial charge >= 0.3 is 0 Å². The molecule has 0 heterocycles. The van der Waals surface area contributed by atoms with Crippen LogP contribution in [0.2, 0.25) is 6.55 Å². The van der Waals surface area contributed by atoms with Gasteiger partial charge in [-0.15, -0.1) is 0 Å². The zero-order chi connectivity index (χ0) is 4.99. The first kappa shape index (κ1) is 5.69. The summed E-state index contributed by atoms with van der Waals surface area (Å²) in [4.78, 5) is 12.5. The van der Waals surface area contributed by atoms with Gasteiger partial charge in [0.2, 0.25) is 5.91 Å². The van der Waals surface area contributed by atoms with Crippen molar-refractivity contribution in [3.63, 3.8) is 0 Å². The van der Waals surface area contributed by atoms with Crippen LogP contribution in [0.5, 0.6) is 0 Å². The Morgan fingerprint density at radius 1 is 1.83 bits per heavy atom. The van der Waals surface area contributed by atoms with Gasteiger partial charge in [0.1, 0.15) is 0 Å². The minimum atomic E-state index is 0.0517. The summed E-state index contributed by atoms with van der Waals surface area (Å²) < 4.78 is 0. The van der Waals surface area contributed by atoms with Gasteiger partial charge in [0.05, 0.1) is 0 Å². The lowest BCUT2D eigenvalue weighted by atomic mass is 10.8. The molecule has 2 nitrogen and oxygen atoms in total. The van der Waals surface area contributed by atoms with Gasteiger partial charge in [-0.1, -0.05) is 6.55 Å². The SMILES string of the molecule is C[Si]NC(C)=O. The van der Waals surface area contributed by atoms with Crippen LogP contribution in [0.25, 0.3) is 0 Å². The third-order valence-corrected chi connectivity index (χ3v) is 0.903. The van der Waals surface area contributed by atoms with Crippen molar-refractivity contribution < 1.29 is 4.79 Å². The topological polar surface area (TPSA) is 29.1 Å². The summed E-state index contributed by atoms with van der Waals surface area (Å²) >= 11 is 0. The lowest BCUT2D eigenvalue weighted by molar-refractivity contribution is -0.117. The largest absolute Gasteiger partial charge is 0.383 e. The molecule has 0 fully saturated rings. The molecule has 2 radical (unpaired) electrons. The summed E-state index contributed by atoms with van der Waals surface area (Å²) in [6.07, 6.45) is 0. The van der Waals surface area contributed by atoms with E-state index < -0.39 is 0 Å². The summed E-state index contributed by atoms with van der Waals surface area (Å²) in [5.41, 5.74) is 0. The number of hydrogen-bond acceptors (Lipinski definition) is 1. The summed E-state index contributed by atoms with van der Waals surface area (Å²) in [6, 6.07) is 0. The van der Waals surface area contributed by atoms with E-state index in [1.54, 1.807) is 0 Å². The van der Waals surface area contributed by atoms with Crippen LogP contribution in [0.15, 0.2) is 0 Å². The lowest BCUT2D eigenvalue weighted by Gasteiger charge is -1.87. The smallest absolute Gasteiger partial charge is 0.208 e. The van der Waals surface area contributed by atoms with Gasteiger partial charge in [0.25, 0.3) is 0 Å². The Balaban J connectivity index is 2.83. The molecule has 0 spiro atoms. The fourth-order valence-corrected chi connectivity index (χ4v) is 0.528. The number of carbonyl (C=O) groups is 1. The normalized spacial score (nSPS) is 7.67. The zero-order valence-corrected chi connectivity index (χ0v) is 4.91. The summed E-state index contributed by atoms with van der Waals surface area (Å²) in [7, 11) is 0.539. The van der Waals surface area contributed by atoms with Gasteiger partial charge in [0, 0.05) is 6.92 Å². The maximum atomic E-state index is 9.94. The first-order valence-corrected chi connectivity index (χ1v) is 3.20. The minimum absolute atomic E-state index is 0.0517. The van der Waals surface area contributed by atoms with E-state index in [0.29, 0.717) is 9.68 Å². The summed E-state index contributed by atoms with van der Waals surface area (Å²) in [5.74, 6) is 0.0517. The molecule has 0 aromatic rings. The molecule has 0 atom stereocenters. The molecule has 0 rings (SSSR count). The highest BCUT2D eigenvalue weighted by Crippen LogP contribution is 1.51. The number of nitrogens with one attached hydrogen (secondary N) is 1. The van der Waals surface area contributed by atoms with E-state index in [1.165, 1.54) is 6.92 Å². The molecule has 0 saturated heterocycles. The number of carbonyl (C=O) groups excluding carboxylic acids is 1.